The van der Waals surface area contributed by atoms with E-state index in [4.69, 9.17) is 4.74 Å². The number of carbonyl (C=O) groups is 1. The maximum atomic E-state index is 13.0. The van der Waals surface area contributed by atoms with Crippen molar-refractivity contribution < 1.29 is 17.9 Å². The zero-order chi connectivity index (χ0) is 22.4. The second-order valence-corrected chi connectivity index (χ2v) is 9.75. The summed E-state index contributed by atoms with van der Waals surface area (Å²) in [6, 6.07) is 14.3. The van der Waals surface area contributed by atoms with E-state index in [1.165, 1.54) is 19.2 Å². The Morgan fingerprint density at radius 3 is 2.42 bits per heavy atom. The van der Waals surface area contributed by atoms with Gasteiger partial charge in [-0.05, 0) is 50.7 Å². The Balaban J connectivity index is 1.77. The van der Waals surface area contributed by atoms with Crippen molar-refractivity contribution in [1.82, 2.24) is 14.9 Å². The molecule has 1 aliphatic carbocycles. The lowest BCUT2D eigenvalue weighted by molar-refractivity contribution is 0.0941. The predicted molar refractivity (Wildman–Crippen MR) is 121 cm³/mol. The molecule has 1 atom stereocenters. The third kappa shape index (κ3) is 5.84. The topological polar surface area (TPSA) is 87.7 Å². The zero-order valence-corrected chi connectivity index (χ0v) is 19.1. The number of nitrogens with one attached hydrogen (secondary N) is 2. The average molecular weight is 446 g/mol. The Kier molecular flexibility index (Phi) is 7.69. The van der Waals surface area contributed by atoms with Crippen LogP contribution in [0.1, 0.15) is 47.6 Å². The molecule has 0 spiro atoms. The summed E-state index contributed by atoms with van der Waals surface area (Å²) in [4.78, 5) is 14.9. The minimum absolute atomic E-state index is 0.00404. The summed E-state index contributed by atoms with van der Waals surface area (Å²) >= 11 is 0. The van der Waals surface area contributed by atoms with Crippen LogP contribution in [0.15, 0.2) is 53.4 Å². The van der Waals surface area contributed by atoms with Gasteiger partial charge in [0.05, 0.1) is 13.2 Å². The van der Waals surface area contributed by atoms with E-state index in [-0.39, 0.29) is 34.2 Å². The fraction of sp³-hybridized carbons (Fsp3) is 0.435. The van der Waals surface area contributed by atoms with Gasteiger partial charge in [0.25, 0.3) is 5.91 Å². The van der Waals surface area contributed by atoms with E-state index < -0.39 is 10.0 Å². The van der Waals surface area contributed by atoms with Gasteiger partial charge in [-0.25, -0.2) is 13.1 Å². The van der Waals surface area contributed by atoms with Crippen LogP contribution < -0.4 is 14.8 Å². The van der Waals surface area contributed by atoms with Gasteiger partial charge in [-0.15, -0.1) is 0 Å². The van der Waals surface area contributed by atoms with E-state index in [2.05, 4.69) is 10.0 Å². The molecular weight excluding hydrogens is 414 g/mol. The van der Waals surface area contributed by atoms with E-state index in [1.54, 1.807) is 6.07 Å². The second kappa shape index (κ2) is 10.3. The van der Waals surface area contributed by atoms with Crippen molar-refractivity contribution in [2.24, 2.45) is 0 Å². The van der Waals surface area contributed by atoms with Crippen LogP contribution in [-0.4, -0.2) is 53.0 Å². The molecule has 0 bridgehead atoms. The van der Waals surface area contributed by atoms with Crippen LogP contribution >= 0.6 is 0 Å². The van der Waals surface area contributed by atoms with Crippen LogP contribution in [0.4, 0.5) is 0 Å². The van der Waals surface area contributed by atoms with Gasteiger partial charge in [0.15, 0.2) is 0 Å². The molecule has 1 fully saturated rings. The van der Waals surface area contributed by atoms with E-state index in [1.807, 2.05) is 49.3 Å². The van der Waals surface area contributed by atoms with Crippen LogP contribution in [0.25, 0.3) is 0 Å². The van der Waals surface area contributed by atoms with Crippen molar-refractivity contribution in [3.8, 4) is 5.75 Å². The summed E-state index contributed by atoms with van der Waals surface area (Å²) in [6.07, 6.45) is 3.68. The molecule has 0 heterocycles. The van der Waals surface area contributed by atoms with Crippen molar-refractivity contribution in [3.63, 3.8) is 0 Å². The van der Waals surface area contributed by atoms with Crippen molar-refractivity contribution in [2.45, 2.75) is 42.7 Å². The highest BCUT2D eigenvalue weighted by molar-refractivity contribution is 7.89. The Morgan fingerprint density at radius 1 is 1.13 bits per heavy atom. The Hall–Kier alpha value is -2.42. The number of rotatable bonds is 9. The minimum atomic E-state index is -3.79. The first-order valence-electron chi connectivity index (χ1n) is 10.5. The number of likely N-dealkylation sites (N-methyl/N-ethyl adjacent to an activating group) is 1. The summed E-state index contributed by atoms with van der Waals surface area (Å²) in [6.45, 7) is 0.393. The number of hydrogen-bond donors (Lipinski definition) is 2. The molecule has 2 aromatic rings. The molecule has 0 aliphatic heterocycles. The van der Waals surface area contributed by atoms with Crippen LogP contribution in [0.3, 0.4) is 0 Å². The Labute approximate surface area is 184 Å². The number of carbonyl (C=O) groups excluding carboxylic acids is 1. The summed E-state index contributed by atoms with van der Waals surface area (Å²) in [5.74, 6) is -0.111. The number of methoxy groups -OCH3 is 1. The number of ether oxygens (including phenoxy) is 1. The third-order valence-electron chi connectivity index (χ3n) is 5.66. The maximum absolute atomic E-state index is 13.0. The van der Waals surface area contributed by atoms with Crippen LogP contribution in [-0.2, 0) is 10.0 Å². The van der Waals surface area contributed by atoms with E-state index in [0.717, 1.165) is 31.2 Å². The smallest absolute Gasteiger partial charge is 0.251 e. The fourth-order valence-corrected chi connectivity index (χ4v) is 5.42. The summed E-state index contributed by atoms with van der Waals surface area (Å²) in [5, 5.41) is 2.93. The van der Waals surface area contributed by atoms with Gasteiger partial charge < -0.3 is 15.0 Å². The van der Waals surface area contributed by atoms with Crippen molar-refractivity contribution in [1.29, 1.82) is 0 Å². The number of nitrogens with zero attached hydrogens (tertiary/aromatic N) is 1. The van der Waals surface area contributed by atoms with Crippen LogP contribution in [0, 0.1) is 0 Å². The summed E-state index contributed by atoms with van der Waals surface area (Å²) in [5.41, 5.74) is 1.37. The number of hydrogen-bond acceptors (Lipinski definition) is 5. The van der Waals surface area contributed by atoms with Crippen molar-refractivity contribution in [3.05, 3.63) is 59.7 Å². The number of sulfonamides is 1. The van der Waals surface area contributed by atoms with Gasteiger partial charge in [-0.1, -0.05) is 43.2 Å². The first kappa shape index (κ1) is 23.2. The highest BCUT2D eigenvalue weighted by Crippen LogP contribution is 2.27. The zero-order valence-electron chi connectivity index (χ0n) is 18.3. The first-order chi connectivity index (χ1) is 14.8. The molecule has 1 aliphatic rings. The van der Waals surface area contributed by atoms with Crippen molar-refractivity contribution >= 4 is 15.9 Å². The van der Waals surface area contributed by atoms with Crippen LogP contribution in [0.5, 0.6) is 5.75 Å². The molecule has 0 aromatic heterocycles. The quantitative estimate of drug-likeness (QED) is 0.620. The minimum Gasteiger partial charge on any atom is -0.495 e. The molecule has 0 radical (unpaired) electrons. The molecule has 168 valence electrons. The third-order valence-corrected chi connectivity index (χ3v) is 7.20. The molecule has 1 amide bonds. The first-order valence-corrected chi connectivity index (χ1v) is 12.0. The average Bonchev–Trinajstić information content (AvgIpc) is 3.26. The lowest BCUT2D eigenvalue weighted by Gasteiger charge is -2.25. The predicted octanol–water partition coefficient (Wildman–Crippen LogP) is 2.95. The molecule has 0 unspecified atom stereocenters. The van der Waals surface area contributed by atoms with Gasteiger partial charge in [0.2, 0.25) is 10.0 Å². The number of benzene rings is 2. The molecule has 2 aromatic carbocycles. The Bertz CT molecular complexity index is 987. The van der Waals surface area contributed by atoms with Crippen LogP contribution in [0.2, 0.25) is 0 Å². The standard InChI is InChI=1S/C23H31N3O4S/c1-26(2)20(17-9-5-4-6-10-17)16-24-23(27)18-13-14-21(30-3)22(15-18)31(28,29)25-19-11-7-8-12-19/h4-6,9-10,13-15,19-20,25H,7-8,11-12,16H2,1-3H3,(H,24,27)/t20-/m1/s1. The molecule has 7 nitrogen and oxygen atoms in total. The second-order valence-electron chi connectivity index (χ2n) is 8.07. The van der Waals surface area contributed by atoms with Gasteiger partial charge in [-0.2, -0.15) is 0 Å². The maximum Gasteiger partial charge on any atom is 0.251 e. The molecule has 1 saturated carbocycles. The highest BCUT2D eigenvalue weighted by Gasteiger charge is 2.27. The Morgan fingerprint density at radius 2 is 1.81 bits per heavy atom. The van der Waals surface area contributed by atoms with E-state index in [9.17, 15) is 13.2 Å². The fourth-order valence-electron chi connectivity index (χ4n) is 3.92. The van der Waals surface area contributed by atoms with Crippen molar-refractivity contribution in [2.75, 3.05) is 27.7 Å². The lowest BCUT2D eigenvalue weighted by Crippen LogP contribution is -2.35. The van der Waals surface area contributed by atoms with Gasteiger partial charge in [0.1, 0.15) is 10.6 Å². The molecule has 31 heavy (non-hydrogen) atoms. The summed E-state index contributed by atoms with van der Waals surface area (Å²) < 4.78 is 33.9. The monoisotopic (exact) mass is 445 g/mol. The van der Waals surface area contributed by atoms with Gasteiger partial charge >= 0.3 is 0 Å². The molecule has 2 N–H and O–H groups in total. The number of amides is 1. The molecule has 3 rings (SSSR count). The normalized spacial score (nSPS) is 15.7. The lowest BCUT2D eigenvalue weighted by atomic mass is 10.1. The van der Waals surface area contributed by atoms with Gasteiger partial charge in [-0.3, -0.25) is 4.79 Å². The summed E-state index contributed by atoms with van der Waals surface area (Å²) in [7, 11) is 1.54. The SMILES string of the molecule is COc1ccc(C(=O)NC[C@H](c2ccccc2)N(C)C)cc1S(=O)(=O)NC1CCCC1. The van der Waals surface area contributed by atoms with E-state index >= 15 is 0 Å². The highest BCUT2D eigenvalue weighted by atomic mass is 32.2. The van der Waals surface area contributed by atoms with E-state index in [0.29, 0.717) is 6.54 Å². The molecular formula is C23H31N3O4S. The molecule has 0 saturated heterocycles. The molecule has 8 heteroatoms. The van der Waals surface area contributed by atoms with Gasteiger partial charge in [0, 0.05) is 18.2 Å². The largest absolute Gasteiger partial charge is 0.495 e.